The average Bonchev–Trinajstić information content (AvgIpc) is 3.31. The molecular formula is C28H33ClN6O2. The molecule has 0 saturated carbocycles. The standard InChI is InChI=1S/C28H33ClN6O2/c1-15(2)19-11-21(29)25-23(13-19)35-14-16(3)8-7-9-37-27-24(18(5)33-34(27)6)22-12-20(10-17(4)30-22)26(36)32-28(35)31-25/h10-13,15-16H,7-9,14H2,1-6H3,(H,31,32,36)/t16-/m1/s1. The second-order valence-corrected chi connectivity index (χ2v) is 10.8. The van der Waals surface area contributed by atoms with Gasteiger partial charge in [0.15, 0.2) is 0 Å². The largest absolute Gasteiger partial charge is 0.477 e. The zero-order chi connectivity index (χ0) is 26.4. The number of nitrogens with one attached hydrogen (secondary N) is 1. The monoisotopic (exact) mass is 520 g/mol. The summed E-state index contributed by atoms with van der Waals surface area (Å²) in [6.07, 6.45) is 1.82. The Morgan fingerprint density at radius 1 is 1.16 bits per heavy atom. The molecule has 3 aromatic heterocycles. The number of imidazole rings is 1. The van der Waals surface area contributed by atoms with Gasteiger partial charge in [0.2, 0.25) is 11.8 Å². The molecule has 5 rings (SSSR count). The van der Waals surface area contributed by atoms with Gasteiger partial charge in [-0.3, -0.25) is 15.1 Å². The van der Waals surface area contributed by atoms with E-state index in [0.29, 0.717) is 58.6 Å². The van der Waals surface area contributed by atoms with Crippen molar-refractivity contribution in [3.63, 3.8) is 0 Å². The number of fused-ring (bicyclic) bond motifs is 7. The molecule has 1 N–H and O–H groups in total. The minimum atomic E-state index is -0.255. The van der Waals surface area contributed by atoms with Crippen LogP contribution in [-0.4, -0.2) is 36.8 Å². The van der Waals surface area contributed by atoms with Crippen LogP contribution in [0.2, 0.25) is 5.02 Å². The number of nitrogens with zero attached hydrogens (tertiary/aromatic N) is 5. The van der Waals surface area contributed by atoms with Crippen molar-refractivity contribution in [1.29, 1.82) is 0 Å². The van der Waals surface area contributed by atoms with Crippen LogP contribution in [0.1, 0.15) is 66.8 Å². The van der Waals surface area contributed by atoms with Crippen LogP contribution in [-0.2, 0) is 13.6 Å². The molecule has 194 valence electrons. The van der Waals surface area contributed by atoms with Gasteiger partial charge < -0.3 is 9.30 Å². The first kappa shape index (κ1) is 25.3. The fourth-order valence-electron chi connectivity index (χ4n) is 5.02. The summed E-state index contributed by atoms with van der Waals surface area (Å²) in [5, 5.41) is 8.22. The molecule has 1 aromatic carbocycles. The summed E-state index contributed by atoms with van der Waals surface area (Å²) in [6, 6.07) is 7.68. The SMILES string of the molecule is Cc1cc2cc(n1)-c1c(C)nn(C)c1OCCC[C@@H](C)Cn1c(nc3c(Cl)cc(C(C)C)cc31)NC2=O. The molecule has 0 aliphatic carbocycles. The number of aryl methyl sites for hydroxylation is 3. The summed E-state index contributed by atoms with van der Waals surface area (Å²) in [5.41, 5.74) is 6.26. The van der Waals surface area contributed by atoms with Crippen LogP contribution in [0, 0.1) is 19.8 Å². The Labute approximate surface area is 222 Å². The summed E-state index contributed by atoms with van der Waals surface area (Å²) in [5.74, 6) is 1.54. The van der Waals surface area contributed by atoms with E-state index in [0.717, 1.165) is 40.9 Å². The second-order valence-electron chi connectivity index (χ2n) is 10.4. The third-order valence-corrected chi connectivity index (χ3v) is 7.23. The molecule has 0 radical (unpaired) electrons. The summed E-state index contributed by atoms with van der Waals surface area (Å²) in [7, 11) is 1.87. The summed E-state index contributed by atoms with van der Waals surface area (Å²) in [6.45, 7) is 11.6. The fraction of sp³-hybridized carbons (Fsp3) is 0.429. The highest BCUT2D eigenvalue weighted by Crippen LogP contribution is 2.34. The molecule has 9 heteroatoms. The highest BCUT2D eigenvalue weighted by Gasteiger charge is 2.23. The Balaban J connectivity index is 1.66. The first-order valence-corrected chi connectivity index (χ1v) is 13.2. The topological polar surface area (TPSA) is 86.9 Å². The number of aromatic nitrogens is 5. The van der Waals surface area contributed by atoms with E-state index >= 15 is 0 Å². The Hall–Kier alpha value is -3.39. The van der Waals surface area contributed by atoms with Gasteiger partial charge in [-0.15, -0.1) is 0 Å². The Bertz CT molecular complexity index is 1500. The molecule has 1 atom stereocenters. The van der Waals surface area contributed by atoms with Crippen molar-refractivity contribution in [2.24, 2.45) is 13.0 Å². The highest BCUT2D eigenvalue weighted by atomic mass is 35.5. The molecule has 37 heavy (non-hydrogen) atoms. The van der Waals surface area contributed by atoms with Crippen LogP contribution in [0.5, 0.6) is 5.88 Å². The molecule has 2 bridgehead atoms. The van der Waals surface area contributed by atoms with Gasteiger partial charge in [0.25, 0.3) is 5.91 Å². The zero-order valence-electron chi connectivity index (χ0n) is 22.2. The molecule has 1 aliphatic heterocycles. The number of hydrogen-bond acceptors (Lipinski definition) is 5. The molecule has 0 unspecified atom stereocenters. The third-order valence-electron chi connectivity index (χ3n) is 6.94. The number of anilines is 1. The number of carbonyl (C=O) groups is 1. The van der Waals surface area contributed by atoms with Crippen molar-refractivity contribution in [1.82, 2.24) is 24.3 Å². The summed E-state index contributed by atoms with van der Waals surface area (Å²) in [4.78, 5) is 23.1. The molecule has 0 saturated heterocycles. The lowest BCUT2D eigenvalue weighted by molar-refractivity contribution is 0.102. The van der Waals surface area contributed by atoms with Crippen molar-refractivity contribution < 1.29 is 9.53 Å². The number of ether oxygens (including phenoxy) is 1. The van der Waals surface area contributed by atoms with E-state index in [9.17, 15) is 4.79 Å². The minimum Gasteiger partial charge on any atom is -0.477 e. The molecular weight excluding hydrogens is 488 g/mol. The minimum absolute atomic E-state index is 0.255. The molecule has 4 aromatic rings. The Morgan fingerprint density at radius 3 is 2.70 bits per heavy atom. The van der Waals surface area contributed by atoms with Gasteiger partial charge in [-0.25, -0.2) is 9.67 Å². The second kappa shape index (κ2) is 9.82. The van der Waals surface area contributed by atoms with Crippen LogP contribution in [0.25, 0.3) is 22.3 Å². The van der Waals surface area contributed by atoms with E-state index in [1.165, 1.54) is 0 Å². The molecule has 1 aliphatic rings. The van der Waals surface area contributed by atoms with Crippen molar-refractivity contribution in [2.75, 3.05) is 11.9 Å². The lowest BCUT2D eigenvalue weighted by Gasteiger charge is -2.16. The first-order valence-electron chi connectivity index (χ1n) is 12.8. The van der Waals surface area contributed by atoms with Crippen molar-refractivity contribution >= 4 is 34.5 Å². The Morgan fingerprint density at radius 2 is 1.95 bits per heavy atom. The number of benzene rings is 1. The van der Waals surface area contributed by atoms with Crippen molar-refractivity contribution in [2.45, 2.75) is 59.9 Å². The van der Waals surface area contributed by atoms with Gasteiger partial charge in [-0.1, -0.05) is 32.4 Å². The molecule has 8 nitrogen and oxygen atoms in total. The van der Waals surface area contributed by atoms with E-state index in [1.54, 1.807) is 16.8 Å². The Kier molecular flexibility index (Phi) is 6.70. The lowest BCUT2D eigenvalue weighted by atomic mass is 10.0. The van der Waals surface area contributed by atoms with E-state index < -0.39 is 0 Å². The normalized spacial score (nSPS) is 16.5. The number of pyridine rings is 1. The van der Waals surface area contributed by atoms with Gasteiger partial charge >= 0.3 is 0 Å². The quantitative estimate of drug-likeness (QED) is 0.319. The van der Waals surface area contributed by atoms with Crippen molar-refractivity contribution in [3.05, 3.63) is 51.8 Å². The fourth-order valence-corrected chi connectivity index (χ4v) is 5.28. The van der Waals surface area contributed by atoms with Crippen LogP contribution < -0.4 is 10.1 Å². The molecule has 1 amide bonds. The van der Waals surface area contributed by atoms with Crippen LogP contribution >= 0.6 is 11.6 Å². The average molecular weight is 521 g/mol. The third kappa shape index (κ3) is 4.82. The number of hydrogen-bond donors (Lipinski definition) is 1. The maximum Gasteiger partial charge on any atom is 0.258 e. The number of amides is 1. The summed E-state index contributed by atoms with van der Waals surface area (Å²) >= 11 is 6.68. The van der Waals surface area contributed by atoms with Crippen molar-refractivity contribution in [3.8, 4) is 17.1 Å². The molecule has 0 fully saturated rings. The van der Waals surface area contributed by atoms with Gasteiger partial charge in [0.1, 0.15) is 5.52 Å². The lowest BCUT2D eigenvalue weighted by Crippen LogP contribution is -2.18. The maximum atomic E-state index is 13.6. The van der Waals surface area contributed by atoms with Gasteiger partial charge in [-0.2, -0.15) is 5.10 Å². The molecule has 0 spiro atoms. The van der Waals surface area contributed by atoms with Gasteiger partial charge in [0, 0.05) is 24.8 Å². The van der Waals surface area contributed by atoms with E-state index in [2.05, 4.69) is 41.8 Å². The molecule has 4 heterocycles. The zero-order valence-corrected chi connectivity index (χ0v) is 23.0. The predicted molar refractivity (Wildman–Crippen MR) is 147 cm³/mol. The van der Waals surface area contributed by atoms with Gasteiger partial charge in [0.05, 0.1) is 34.1 Å². The van der Waals surface area contributed by atoms with Crippen LogP contribution in [0.15, 0.2) is 24.3 Å². The predicted octanol–water partition coefficient (Wildman–Crippen LogP) is 6.29. The van der Waals surface area contributed by atoms with Crippen LogP contribution in [0.3, 0.4) is 0 Å². The van der Waals surface area contributed by atoms with Gasteiger partial charge in [-0.05, 0) is 68.4 Å². The van der Waals surface area contributed by atoms with E-state index in [4.69, 9.17) is 26.3 Å². The first-order chi connectivity index (χ1) is 17.6. The smallest absolute Gasteiger partial charge is 0.258 e. The van der Waals surface area contributed by atoms with Crippen LogP contribution in [0.4, 0.5) is 5.95 Å². The summed E-state index contributed by atoms with van der Waals surface area (Å²) < 4.78 is 10.1. The van der Waals surface area contributed by atoms with E-state index in [-0.39, 0.29) is 5.91 Å². The number of carbonyl (C=O) groups excluding carboxylic acids is 1. The maximum absolute atomic E-state index is 13.6. The van der Waals surface area contributed by atoms with E-state index in [1.807, 2.05) is 27.0 Å². The number of halogens is 1. The number of rotatable bonds is 1. The highest BCUT2D eigenvalue weighted by molar-refractivity contribution is 6.35.